The normalized spacial score (nSPS) is 13.2. The Morgan fingerprint density at radius 2 is 2.29 bits per heavy atom. The van der Waals surface area contributed by atoms with Crippen LogP contribution in [-0.4, -0.2) is 28.2 Å². The molecule has 0 saturated heterocycles. The molecule has 17 heavy (non-hydrogen) atoms. The molecule has 0 aromatic carbocycles. The third kappa shape index (κ3) is 2.74. The van der Waals surface area contributed by atoms with E-state index < -0.39 is 0 Å². The second-order valence-electron chi connectivity index (χ2n) is 4.44. The van der Waals surface area contributed by atoms with Gasteiger partial charge in [0.25, 0.3) is 0 Å². The first-order valence-electron chi connectivity index (χ1n) is 5.84. The van der Waals surface area contributed by atoms with E-state index in [4.69, 9.17) is 4.52 Å². The summed E-state index contributed by atoms with van der Waals surface area (Å²) < 4.78 is 5.25. The number of likely N-dealkylation sites (N-methyl/N-ethyl adjacent to an activating group) is 1. The Hall–Kier alpha value is -1.62. The zero-order valence-electron chi connectivity index (χ0n) is 10.4. The number of hydrogen-bond donors (Lipinski definition) is 2. The fraction of sp³-hybridized carbons (Fsp3) is 0.500. The number of hydrogen-bond acceptors (Lipinski definition) is 4. The zero-order chi connectivity index (χ0) is 12.3. The Morgan fingerprint density at radius 1 is 1.47 bits per heavy atom. The van der Waals surface area contributed by atoms with Crippen LogP contribution in [0.1, 0.15) is 19.7 Å². The summed E-state index contributed by atoms with van der Waals surface area (Å²) in [6.45, 7) is 4.34. The monoisotopic (exact) mass is 234 g/mol. The molecule has 0 saturated carbocycles. The molecule has 0 bridgehead atoms. The van der Waals surface area contributed by atoms with Gasteiger partial charge in [0.2, 0.25) is 11.7 Å². The predicted molar refractivity (Wildman–Crippen MR) is 65.5 cm³/mol. The molecule has 0 spiro atoms. The number of aromatic amines is 1. The Bertz CT molecular complexity index is 447. The lowest BCUT2D eigenvalue weighted by atomic mass is 10.0. The van der Waals surface area contributed by atoms with Gasteiger partial charge in [0.15, 0.2) is 0 Å². The lowest BCUT2D eigenvalue weighted by Gasteiger charge is -2.17. The standard InChI is InChI=1S/C12H18N4O/c1-8(2)10(13-3)7-11-15-12(16-17-11)9-5-4-6-14-9/h4-6,8,10,13-14H,7H2,1-3H3. The van der Waals surface area contributed by atoms with Crippen molar-refractivity contribution in [2.24, 2.45) is 5.92 Å². The van der Waals surface area contributed by atoms with Crippen LogP contribution in [0.5, 0.6) is 0 Å². The second-order valence-corrected chi connectivity index (χ2v) is 4.44. The highest BCUT2D eigenvalue weighted by atomic mass is 16.5. The van der Waals surface area contributed by atoms with Crippen molar-refractivity contribution in [3.8, 4) is 11.5 Å². The first-order chi connectivity index (χ1) is 8.20. The molecule has 0 aliphatic carbocycles. The number of nitrogens with zero attached hydrogens (tertiary/aromatic N) is 2. The zero-order valence-corrected chi connectivity index (χ0v) is 10.4. The number of rotatable bonds is 5. The van der Waals surface area contributed by atoms with Crippen molar-refractivity contribution in [3.63, 3.8) is 0 Å². The minimum absolute atomic E-state index is 0.354. The molecule has 0 aliphatic rings. The van der Waals surface area contributed by atoms with Crippen LogP contribution in [0.4, 0.5) is 0 Å². The molecule has 5 heteroatoms. The molecule has 2 rings (SSSR count). The summed E-state index contributed by atoms with van der Waals surface area (Å²) >= 11 is 0. The molecule has 0 fully saturated rings. The summed E-state index contributed by atoms with van der Waals surface area (Å²) in [6.07, 6.45) is 2.60. The van der Waals surface area contributed by atoms with Crippen molar-refractivity contribution >= 4 is 0 Å². The largest absolute Gasteiger partial charge is 0.359 e. The van der Waals surface area contributed by atoms with Gasteiger partial charge in [-0.25, -0.2) is 0 Å². The van der Waals surface area contributed by atoms with Crippen LogP contribution in [0.2, 0.25) is 0 Å². The molecule has 5 nitrogen and oxygen atoms in total. The Balaban J connectivity index is 2.08. The van der Waals surface area contributed by atoms with Crippen LogP contribution >= 0.6 is 0 Å². The van der Waals surface area contributed by atoms with Crippen molar-refractivity contribution in [3.05, 3.63) is 24.2 Å². The van der Waals surface area contributed by atoms with Crippen LogP contribution < -0.4 is 5.32 Å². The van der Waals surface area contributed by atoms with Gasteiger partial charge in [-0.1, -0.05) is 19.0 Å². The minimum Gasteiger partial charge on any atom is -0.359 e. The van der Waals surface area contributed by atoms with Crippen LogP contribution in [0.3, 0.4) is 0 Å². The second kappa shape index (κ2) is 5.14. The molecule has 92 valence electrons. The van der Waals surface area contributed by atoms with E-state index in [1.807, 2.05) is 25.4 Å². The van der Waals surface area contributed by atoms with Crippen LogP contribution in [0.25, 0.3) is 11.5 Å². The first kappa shape index (κ1) is 11.9. The maximum Gasteiger partial charge on any atom is 0.228 e. The van der Waals surface area contributed by atoms with E-state index in [1.165, 1.54) is 0 Å². The molecule has 0 radical (unpaired) electrons. The summed E-state index contributed by atoms with van der Waals surface area (Å²) in [7, 11) is 1.95. The third-order valence-electron chi connectivity index (χ3n) is 2.88. The van der Waals surface area contributed by atoms with Crippen LogP contribution in [-0.2, 0) is 6.42 Å². The van der Waals surface area contributed by atoms with E-state index in [2.05, 4.69) is 34.3 Å². The molecule has 2 aromatic rings. The first-order valence-corrected chi connectivity index (χ1v) is 5.84. The van der Waals surface area contributed by atoms with E-state index in [9.17, 15) is 0 Å². The topological polar surface area (TPSA) is 66.7 Å². The van der Waals surface area contributed by atoms with E-state index in [-0.39, 0.29) is 0 Å². The maximum absolute atomic E-state index is 5.25. The number of nitrogens with one attached hydrogen (secondary N) is 2. The SMILES string of the molecule is CNC(Cc1nc(-c2ccc[nH]2)no1)C(C)C. The van der Waals surface area contributed by atoms with Gasteiger partial charge < -0.3 is 14.8 Å². The van der Waals surface area contributed by atoms with Gasteiger partial charge >= 0.3 is 0 Å². The molecule has 2 heterocycles. The van der Waals surface area contributed by atoms with Gasteiger partial charge in [0, 0.05) is 18.7 Å². The minimum atomic E-state index is 0.354. The average Bonchev–Trinajstić information content (AvgIpc) is 2.95. The van der Waals surface area contributed by atoms with Crippen molar-refractivity contribution in [1.82, 2.24) is 20.4 Å². The van der Waals surface area contributed by atoms with Gasteiger partial charge in [0.05, 0.1) is 5.69 Å². The molecule has 1 unspecified atom stereocenters. The highest BCUT2D eigenvalue weighted by Gasteiger charge is 2.16. The molecule has 0 amide bonds. The highest BCUT2D eigenvalue weighted by molar-refractivity contribution is 5.47. The van der Waals surface area contributed by atoms with Gasteiger partial charge in [-0.15, -0.1) is 0 Å². The van der Waals surface area contributed by atoms with Gasteiger partial charge in [0.1, 0.15) is 0 Å². The molecular formula is C12H18N4O. The molecule has 0 aliphatic heterocycles. The summed E-state index contributed by atoms with van der Waals surface area (Å²) in [4.78, 5) is 7.43. The van der Waals surface area contributed by atoms with E-state index in [0.29, 0.717) is 23.7 Å². The highest BCUT2D eigenvalue weighted by Crippen LogP contribution is 2.14. The van der Waals surface area contributed by atoms with Crippen molar-refractivity contribution in [1.29, 1.82) is 0 Å². The van der Waals surface area contributed by atoms with Gasteiger partial charge in [-0.2, -0.15) is 4.98 Å². The summed E-state index contributed by atoms with van der Waals surface area (Å²) in [6, 6.07) is 4.19. The molecule has 1 atom stereocenters. The fourth-order valence-corrected chi connectivity index (χ4v) is 1.78. The maximum atomic E-state index is 5.25. The molecular weight excluding hydrogens is 216 g/mol. The third-order valence-corrected chi connectivity index (χ3v) is 2.88. The number of aromatic nitrogens is 3. The summed E-state index contributed by atoms with van der Waals surface area (Å²) in [5.41, 5.74) is 0.880. The van der Waals surface area contributed by atoms with Crippen molar-refractivity contribution < 1.29 is 4.52 Å². The average molecular weight is 234 g/mol. The summed E-state index contributed by atoms with van der Waals surface area (Å²) in [5, 5.41) is 7.22. The van der Waals surface area contributed by atoms with E-state index in [0.717, 1.165) is 12.1 Å². The summed E-state index contributed by atoms with van der Waals surface area (Å²) in [5.74, 6) is 1.81. The van der Waals surface area contributed by atoms with Gasteiger partial charge in [-0.05, 0) is 25.1 Å². The van der Waals surface area contributed by atoms with E-state index >= 15 is 0 Å². The Morgan fingerprint density at radius 3 is 2.88 bits per heavy atom. The van der Waals surface area contributed by atoms with Crippen LogP contribution in [0, 0.1) is 5.92 Å². The molecule has 2 aromatic heterocycles. The van der Waals surface area contributed by atoms with E-state index in [1.54, 1.807) is 0 Å². The lowest BCUT2D eigenvalue weighted by molar-refractivity contribution is 0.335. The predicted octanol–water partition coefficient (Wildman–Crippen LogP) is 1.85. The van der Waals surface area contributed by atoms with Crippen LogP contribution in [0.15, 0.2) is 22.9 Å². The number of H-pyrrole nitrogens is 1. The lowest BCUT2D eigenvalue weighted by Crippen LogP contribution is -2.32. The van der Waals surface area contributed by atoms with Crippen molar-refractivity contribution in [2.45, 2.75) is 26.3 Å². The smallest absolute Gasteiger partial charge is 0.228 e. The molecule has 2 N–H and O–H groups in total. The fourth-order valence-electron chi connectivity index (χ4n) is 1.78. The Kier molecular flexibility index (Phi) is 3.58. The quantitative estimate of drug-likeness (QED) is 0.828. The Labute approximate surface area is 101 Å². The van der Waals surface area contributed by atoms with Gasteiger partial charge in [-0.3, -0.25) is 0 Å². The van der Waals surface area contributed by atoms with Crippen molar-refractivity contribution in [2.75, 3.05) is 7.05 Å².